The van der Waals surface area contributed by atoms with Crippen molar-refractivity contribution in [1.82, 2.24) is 0 Å². The van der Waals surface area contributed by atoms with E-state index in [4.69, 9.17) is 0 Å². The highest BCUT2D eigenvalue weighted by Crippen LogP contribution is 1.98. The zero-order valence-corrected chi connectivity index (χ0v) is 5.37. The summed E-state index contributed by atoms with van der Waals surface area (Å²) in [5.41, 5.74) is 0.0984. The average Bonchev–Trinajstić information content (AvgIpc) is 1.64. The summed E-state index contributed by atoms with van der Waals surface area (Å²) in [5, 5.41) is 1.80. The van der Waals surface area contributed by atoms with E-state index in [0.29, 0.717) is 0 Å². The van der Waals surface area contributed by atoms with Gasteiger partial charge in [-0.05, 0) is 24.4 Å². The highest BCUT2D eigenvalue weighted by Gasteiger charge is 1.81. The summed E-state index contributed by atoms with van der Waals surface area (Å²) in [6.07, 6.45) is 0. The summed E-state index contributed by atoms with van der Waals surface area (Å²) in [5.74, 6) is 0. The number of hydrogen-bond acceptors (Lipinski definition) is 2. The maximum atomic E-state index is 10.5. The van der Waals surface area contributed by atoms with Crippen molar-refractivity contribution in [2.24, 2.45) is 0 Å². The summed E-state index contributed by atoms with van der Waals surface area (Å²) in [4.78, 5) is 11.6. The van der Waals surface area contributed by atoms with Gasteiger partial charge in [-0.25, -0.2) is 0 Å². The topological polar surface area (TPSA) is 17.1 Å². The summed E-state index contributed by atoms with van der Waals surface area (Å²) in [6.45, 7) is 1.92. The number of rotatable bonds is 0. The molecule has 1 aromatic rings. The number of hydrogen-bond donors (Lipinski definition) is 0. The minimum absolute atomic E-state index is 0.0984. The number of aryl methyl sites for hydroxylation is 1. The molecule has 1 nitrogen and oxygen atoms in total. The van der Waals surface area contributed by atoms with Crippen LogP contribution in [0.5, 0.6) is 0 Å². The minimum atomic E-state index is 0.0984. The van der Waals surface area contributed by atoms with Gasteiger partial charge in [0.2, 0.25) is 0 Å². The monoisotopic (exact) mass is 126 g/mol. The van der Waals surface area contributed by atoms with Crippen LogP contribution >= 0.6 is 11.3 Å². The second-order valence-corrected chi connectivity index (χ2v) is 2.73. The van der Waals surface area contributed by atoms with Crippen LogP contribution in [0.15, 0.2) is 22.3 Å². The fraction of sp³-hybridized carbons (Fsp3) is 0.167. The van der Waals surface area contributed by atoms with Crippen LogP contribution in [-0.2, 0) is 0 Å². The Kier molecular flexibility index (Phi) is 1.44. The van der Waals surface area contributed by atoms with Gasteiger partial charge in [0.25, 0.3) is 0 Å². The highest BCUT2D eigenvalue weighted by molar-refractivity contribution is 7.09. The van der Waals surface area contributed by atoms with Gasteiger partial charge >= 0.3 is 0 Å². The molecule has 8 heavy (non-hydrogen) atoms. The van der Waals surface area contributed by atoms with E-state index in [1.807, 2.05) is 6.92 Å². The molecule has 0 aliphatic heterocycles. The molecule has 0 saturated heterocycles. The molecule has 0 N–H and O–H groups in total. The first-order valence-corrected chi connectivity index (χ1v) is 3.22. The summed E-state index contributed by atoms with van der Waals surface area (Å²) >= 11 is 1.58. The third-order valence-electron chi connectivity index (χ3n) is 0.832. The van der Waals surface area contributed by atoms with E-state index in [-0.39, 0.29) is 5.43 Å². The van der Waals surface area contributed by atoms with Gasteiger partial charge in [-0.15, -0.1) is 11.3 Å². The van der Waals surface area contributed by atoms with Gasteiger partial charge in [0.15, 0.2) is 5.43 Å². The summed E-state index contributed by atoms with van der Waals surface area (Å²) in [6, 6.07) is 3.20. The third kappa shape index (κ3) is 1.17. The Morgan fingerprint density at radius 3 is 2.75 bits per heavy atom. The lowest BCUT2D eigenvalue weighted by Crippen LogP contribution is -1.92. The van der Waals surface area contributed by atoms with Crippen LogP contribution in [0.1, 0.15) is 4.88 Å². The predicted molar refractivity (Wildman–Crippen MR) is 35.3 cm³/mol. The first kappa shape index (κ1) is 5.51. The van der Waals surface area contributed by atoms with E-state index in [2.05, 4.69) is 0 Å². The van der Waals surface area contributed by atoms with Crippen molar-refractivity contribution in [1.29, 1.82) is 0 Å². The van der Waals surface area contributed by atoms with E-state index in [0.717, 1.165) is 4.88 Å². The standard InChI is InChI=1S/C6H6OS/c1-5-4-6(7)2-3-8-5/h2-4H,1H3. The molecule has 42 valence electrons. The molecule has 1 aromatic heterocycles. The van der Waals surface area contributed by atoms with Crippen LogP contribution in [0.2, 0.25) is 0 Å². The zero-order valence-electron chi connectivity index (χ0n) is 4.55. The van der Waals surface area contributed by atoms with Crippen LogP contribution in [0.25, 0.3) is 0 Å². The molecular formula is C6H6OS. The Balaban J connectivity index is 3.28. The highest BCUT2D eigenvalue weighted by atomic mass is 32.1. The first-order chi connectivity index (χ1) is 3.79. The van der Waals surface area contributed by atoms with Crippen LogP contribution < -0.4 is 5.43 Å². The fourth-order valence-corrected chi connectivity index (χ4v) is 1.09. The van der Waals surface area contributed by atoms with Crippen molar-refractivity contribution in [3.63, 3.8) is 0 Å². The molecule has 0 aliphatic carbocycles. The zero-order chi connectivity index (χ0) is 5.98. The Morgan fingerprint density at radius 1 is 1.62 bits per heavy atom. The van der Waals surface area contributed by atoms with Crippen LogP contribution in [-0.4, -0.2) is 0 Å². The average molecular weight is 126 g/mol. The molecule has 0 saturated carbocycles. The van der Waals surface area contributed by atoms with E-state index in [1.54, 1.807) is 28.8 Å². The molecule has 0 aromatic carbocycles. The van der Waals surface area contributed by atoms with Crippen LogP contribution in [0, 0.1) is 6.92 Å². The Bertz CT molecular complexity index is 226. The van der Waals surface area contributed by atoms with Gasteiger partial charge in [0.1, 0.15) is 0 Å². The SMILES string of the molecule is Cc1cc(=O)ccs1. The molecule has 0 fully saturated rings. The minimum Gasteiger partial charge on any atom is -0.290 e. The van der Waals surface area contributed by atoms with Crippen molar-refractivity contribution in [2.75, 3.05) is 0 Å². The molecule has 1 heterocycles. The van der Waals surface area contributed by atoms with Gasteiger partial charge in [-0.3, -0.25) is 4.79 Å². The summed E-state index contributed by atoms with van der Waals surface area (Å²) in [7, 11) is 0. The second kappa shape index (κ2) is 2.09. The molecule has 0 unspecified atom stereocenters. The molecule has 0 aliphatic rings. The van der Waals surface area contributed by atoms with Gasteiger partial charge in [0, 0.05) is 4.88 Å². The molecule has 0 radical (unpaired) electrons. The van der Waals surface area contributed by atoms with Crippen LogP contribution in [0.3, 0.4) is 0 Å². The smallest absolute Gasteiger partial charge is 0.180 e. The Morgan fingerprint density at radius 2 is 2.38 bits per heavy atom. The van der Waals surface area contributed by atoms with Gasteiger partial charge in [-0.1, -0.05) is 0 Å². The quantitative estimate of drug-likeness (QED) is 0.513. The van der Waals surface area contributed by atoms with E-state index in [1.165, 1.54) is 0 Å². The summed E-state index contributed by atoms with van der Waals surface area (Å²) < 4.78 is 0. The first-order valence-electron chi connectivity index (χ1n) is 2.34. The Hall–Kier alpha value is -0.630. The van der Waals surface area contributed by atoms with Crippen molar-refractivity contribution >= 4 is 11.3 Å². The molecule has 0 spiro atoms. The van der Waals surface area contributed by atoms with Crippen LogP contribution in [0.4, 0.5) is 0 Å². The molecule has 0 amide bonds. The van der Waals surface area contributed by atoms with E-state index < -0.39 is 0 Å². The largest absolute Gasteiger partial charge is 0.290 e. The van der Waals surface area contributed by atoms with Gasteiger partial charge < -0.3 is 0 Å². The van der Waals surface area contributed by atoms with E-state index >= 15 is 0 Å². The Labute approximate surface area is 51.6 Å². The van der Waals surface area contributed by atoms with E-state index in [9.17, 15) is 4.79 Å². The maximum Gasteiger partial charge on any atom is 0.180 e. The molecule has 1 rings (SSSR count). The van der Waals surface area contributed by atoms with Crippen molar-refractivity contribution in [2.45, 2.75) is 6.92 Å². The lowest BCUT2D eigenvalue weighted by Gasteiger charge is -1.81. The van der Waals surface area contributed by atoms with Gasteiger partial charge in [-0.2, -0.15) is 0 Å². The molecule has 2 heteroatoms. The molecular weight excluding hydrogens is 120 g/mol. The predicted octanol–water partition coefficient (Wildman–Crippen LogP) is 1.42. The lowest BCUT2D eigenvalue weighted by molar-refractivity contribution is 1.54. The fourth-order valence-electron chi connectivity index (χ4n) is 0.491. The van der Waals surface area contributed by atoms with Crippen molar-refractivity contribution in [3.05, 3.63) is 32.6 Å². The molecule has 0 bridgehead atoms. The van der Waals surface area contributed by atoms with Crippen molar-refractivity contribution in [3.8, 4) is 0 Å². The lowest BCUT2D eigenvalue weighted by atomic mass is 10.5. The second-order valence-electron chi connectivity index (χ2n) is 1.58. The third-order valence-corrected chi connectivity index (χ3v) is 1.59. The normalized spacial score (nSPS) is 9.12. The van der Waals surface area contributed by atoms with Gasteiger partial charge in [0.05, 0.1) is 0 Å². The maximum absolute atomic E-state index is 10.5. The van der Waals surface area contributed by atoms with Crippen molar-refractivity contribution < 1.29 is 0 Å². The molecule has 0 atom stereocenters.